The van der Waals surface area contributed by atoms with Crippen LogP contribution in [0, 0.1) is 12.7 Å². The maximum Gasteiger partial charge on any atom is 0.261 e. The molecule has 0 bridgehead atoms. The van der Waals surface area contributed by atoms with Crippen molar-refractivity contribution < 1.29 is 13.9 Å². The number of halogens is 1. The second-order valence-corrected chi connectivity index (χ2v) is 6.08. The highest BCUT2D eigenvalue weighted by molar-refractivity contribution is 7.20. The van der Waals surface area contributed by atoms with E-state index < -0.39 is 0 Å². The third kappa shape index (κ3) is 3.11. The average Bonchev–Trinajstić information content (AvgIpc) is 3.10. The van der Waals surface area contributed by atoms with Crippen molar-refractivity contribution in [3.05, 3.63) is 46.7 Å². The van der Waals surface area contributed by atoms with Crippen LogP contribution in [0.2, 0.25) is 0 Å². The first-order valence-corrected chi connectivity index (χ1v) is 7.94. The topological polar surface area (TPSA) is 56.1 Å². The summed E-state index contributed by atoms with van der Waals surface area (Å²) in [7, 11) is 1.59. The molecule has 0 atom stereocenters. The number of nitrogens with one attached hydrogen (secondary N) is 1. The molecule has 0 aliphatic heterocycles. The summed E-state index contributed by atoms with van der Waals surface area (Å²) in [5.41, 5.74) is 1.59. The van der Waals surface area contributed by atoms with Crippen molar-refractivity contribution >= 4 is 27.5 Å². The van der Waals surface area contributed by atoms with Crippen LogP contribution in [-0.2, 0) is 4.74 Å². The first kappa shape index (κ1) is 15.6. The number of aryl methyl sites for hydroxylation is 1. The van der Waals surface area contributed by atoms with E-state index in [1.54, 1.807) is 23.9 Å². The number of methoxy groups -OCH3 is 1. The molecule has 0 radical (unpaired) electrons. The van der Waals surface area contributed by atoms with Gasteiger partial charge in [0.1, 0.15) is 10.6 Å². The highest BCUT2D eigenvalue weighted by Gasteiger charge is 2.16. The molecule has 7 heteroatoms. The minimum atomic E-state index is -0.293. The van der Waals surface area contributed by atoms with Crippen LogP contribution >= 0.6 is 11.3 Å². The highest BCUT2D eigenvalue weighted by Crippen LogP contribution is 2.30. The summed E-state index contributed by atoms with van der Waals surface area (Å²) in [5, 5.41) is 8.21. The SMILES string of the molecule is COCCNC(=O)c1cc2c(C)nn(-c3ccc(F)cc3)c2s1. The van der Waals surface area contributed by atoms with E-state index in [2.05, 4.69) is 10.4 Å². The van der Waals surface area contributed by atoms with Crippen molar-refractivity contribution in [3.8, 4) is 5.69 Å². The van der Waals surface area contributed by atoms with E-state index in [1.807, 2.05) is 13.0 Å². The van der Waals surface area contributed by atoms with Gasteiger partial charge in [-0.3, -0.25) is 4.79 Å². The number of fused-ring (bicyclic) bond motifs is 1. The Labute approximate surface area is 136 Å². The number of hydrogen-bond donors (Lipinski definition) is 1. The molecule has 23 heavy (non-hydrogen) atoms. The summed E-state index contributed by atoms with van der Waals surface area (Å²) >= 11 is 1.36. The first-order valence-electron chi connectivity index (χ1n) is 7.12. The van der Waals surface area contributed by atoms with Gasteiger partial charge in [0, 0.05) is 19.0 Å². The van der Waals surface area contributed by atoms with Gasteiger partial charge in [0.15, 0.2) is 0 Å². The zero-order valence-corrected chi connectivity index (χ0v) is 13.6. The molecule has 0 saturated carbocycles. The molecule has 0 spiro atoms. The number of ether oxygens (including phenoxy) is 1. The van der Waals surface area contributed by atoms with E-state index >= 15 is 0 Å². The lowest BCUT2D eigenvalue weighted by Gasteiger charge is -2.03. The van der Waals surface area contributed by atoms with Crippen molar-refractivity contribution in [1.29, 1.82) is 0 Å². The lowest BCUT2D eigenvalue weighted by Crippen LogP contribution is -2.26. The lowest BCUT2D eigenvalue weighted by atomic mass is 10.3. The van der Waals surface area contributed by atoms with Crippen molar-refractivity contribution in [2.24, 2.45) is 0 Å². The largest absolute Gasteiger partial charge is 0.383 e. The summed E-state index contributed by atoms with van der Waals surface area (Å²) in [4.78, 5) is 13.6. The number of rotatable bonds is 5. The second kappa shape index (κ2) is 6.47. The van der Waals surface area contributed by atoms with Gasteiger partial charge in [0.25, 0.3) is 5.91 Å². The third-order valence-corrected chi connectivity index (χ3v) is 4.54. The van der Waals surface area contributed by atoms with Gasteiger partial charge in [-0.25, -0.2) is 9.07 Å². The fourth-order valence-electron chi connectivity index (χ4n) is 2.27. The molecule has 3 aromatic rings. The number of amides is 1. The van der Waals surface area contributed by atoms with Gasteiger partial charge in [-0.2, -0.15) is 5.10 Å². The van der Waals surface area contributed by atoms with Crippen molar-refractivity contribution in [3.63, 3.8) is 0 Å². The molecule has 3 rings (SSSR count). The summed E-state index contributed by atoms with van der Waals surface area (Å²) < 4.78 is 19.7. The Kier molecular flexibility index (Phi) is 4.40. The smallest absolute Gasteiger partial charge is 0.261 e. The number of thiophene rings is 1. The van der Waals surface area contributed by atoms with E-state index in [9.17, 15) is 9.18 Å². The quantitative estimate of drug-likeness (QED) is 0.731. The van der Waals surface area contributed by atoms with Crippen LogP contribution in [0.4, 0.5) is 4.39 Å². The summed E-state index contributed by atoms with van der Waals surface area (Å²) in [6.07, 6.45) is 0. The number of hydrogen-bond acceptors (Lipinski definition) is 4. The number of benzene rings is 1. The number of nitrogens with zero attached hydrogens (tertiary/aromatic N) is 2. The van der Waals surface area contributed by atoms with E-state index in [0.29, 0.717) is 18.0 Å². The van der Waals surface area contributed by atoms with Crippen LogP contribution < -0.4 is 5.32 Å². The minimum absolute atomic E-state index is 0.131. The third-order valence-electron chi connectivity index (χ3n) is 3.43. The van der Waals surface area contributed by atoms with Gasteiger partial charge in [0.05, 0.1) is 22.9 Å². The van der Waals surface area contributed by atoms with Gasteiger partial charge in [-0.05, 0) is 37.3 Å². The normalized spacial score (nSPS) is 11.1. The zero-order chi connectivity index (χ0) is 16.4. The molecule has 1 aromatic carbocycles. The minimum Gasteiger partial charge on any atom is -0.383 e. The fourth-order valence-corrected chi connectivity index (χ4v) is 3.37. The molecule has 1 N–H and O–H groups in total. The van der Waals surface area contributed by atoms with Gasteiger partial charge < -0.3 is 10.1 Å². The molecule has 120 valence electrons. The Morgan fingerprint density at radius 2 is 2.13 bits per heavy atom. The highest BCUT2D eigenvalue weighted by atomic mass is 32.1. The molecule has 0 unspecified atom stereocenters. The Bertz CT molecular complexity index is 839. The molecule has 2 aromatic heterocycles. The molecule has 1 amide bonds. The van der Waals surface area contributed by atoms with E-state index in [4.69, 9.17) is 4.74 Å². The molecule has 0 saturated heterocycles. The first-order chi connectivity index (χ1) is 11.1. The lowest BCUT2D eigenvalue weighted by molar-refractivity contribution is 0.0941. The molecular weight excluding hydrogens is 317 g/mol. The van der Waals surface area contributed by atoms with Crippen LogP contribution in [0.3, 0.4) is 0 Å². The maximum absolute atomic E-state index is 13.1. The number of aromatic nitrogens is 2. The molecule has 2 heterocycles. The predicted molar refractivity (Wildman–Crippen MR) is 87.9 cm³/mol. The summed E-state index contributed by atoms with van der Waals surface area (Å²) in [6, 6.07) is 7.96. The Hall–Kier alpha value is -2.25. The fraction of sp³-hybridized carbons (Fsp3) is 0.250. The van der Waals surface area contributed by atoms with Crippen molar-refractivity contribution in [2.75, 3.05) is 20.3 Å². The van der Waals surface area contributed by atoms with Gasteiger partial charge in [-0.1, -0.05) is 0 Å². The van der Waals surface area contributed by atoms with E-state index in [0.717, 1.165) is 21.6 Å². The maximum atomic E-state index is 13.1. The van der Waals surface area contributed by atoms with Gasteiger partial charge in [0.2, 0.25) is 0 Å². The molecule has 5 nitrogen and oxygen atoms in total. The van der Waals surface area contributed by atoms with Crippen LogP contribution in [-0.4, -0.2) is 35.9 Å². The summed E-state index contributed by atoms with van der Waals surface area (Å²) in [6.45, 7) is 2.83. The number of carbonyl (C=O) groups is 1. The molecule has 0 aliphatic rings. The average molecular weight is 333 g/mol. The number of carbonyl (C=O) groups excluding carboxylic acids is 1. The summed E-state index contributed by atoms with van der Waals surface area (Å²) in [5.74, 6) is -0.424. The van der Waals surface area contributed by atoms with Crippen LogP contribution in [0.1, 0.15) is 15.4 Å². The predicted octanol–water partition coefficient (Wildman–Crippen LogP) is 2.91. The van der Waals surface area contributed by atoms with Crippen LogP contribution in [0.25, 0.3) is 15.9 Å². The van der Waals surface area contributed by atoms with E-state index in [-0.39, 0.29) is 11.7 Å². The van der Waals surface area contributed by atoms with Gasteiger partial charge in [-0.15, -0.1) is 11.3 Å². The van der Waals surface area contributed by atoms with Crippen molar-refractivity contribution in [1.82, 2.24) is 15.1 Å². The molecular formula is C16H16FN3O2S. The van der Waals surface area contributed by atoms with Crippen molar-refractivity contribution in [2.45, 2.75) is 6.92 Å². The Balaban J connectivity index is 1.95. The zero-order valence-electron chi connectivity index (χ0n) is 12.8. The van der Waals surface area contributed by atoms with Gasteiger partial charge >= 0.3 is 0 Å². The monoisotopic (exact) mass is 333 g/mol. The second-order valence-electron chi connectivity index (χ2n) is 5.05. The van der Waals surface area contributed by atoms with E-state index in [1.165, 1.54) is 23.5 Å². The Morgan fingerprint density at radius 3 is 2.83 bits per heavy atom. The van der Waals surface area contributed by atoms with Crippen LogP contribution in [0.15, 0.2) is 30.3 Å². The Morgan fingerprint density at radius 1 is 1.39 bits per heavy atom. The molecule has 0 fully saturated rings. The molecule has 0 aliphatic carbocycles. The standard InChI is InChI=1S/C16H16FN3O2S/c1-10-13-9-14(15(21)18-7-8-22-2)23-16(13)20(19-10)12-5-3-11(17)4-6-12/h3-6,9H,7-8H2,1-2H3,(H,18,21). The van der Waals surface area contributed by atoms with Crippen LogP contribution in [0.5, 0.6) is 0 Å².